The maximum atomic E-state index is 11.5. The summed E-state index contributed by atoms with van der Waals surface area (Å²) in [5.41, 5.74) is 7.31. The van der Waals surface area contributed by atoms with Gasteiger partial charge in [0.1, 0.15) is 0 Å². The molecule has 1 fully saturated rings. The van der Waals surface area contributed by atoms with Gasteiger partial charge < -0.3 is 15.6 Å². The van der Waals surface area contributed by atoms with Gasteiger partial charge in [0.05, 0.1) is 5.54 Å². The summed E-state index contributed by atoms with van der Waals surface area (Å²) in [5.74, 6) is 0.904. The van der Waals surface area contributed by atoms with E-state index in [1.165, 1.54) is 0 Å². The normalized spacial score (nSPS) is 16.5. The van der Waals surface area contributed by atoms with Gasteiger partial charge in [-0.25, -0.2) is 0 Å². The molecule has 0 saturated heterocycles. The lowest BCUT2D eigenvalue weighted by atomic mass is 9.77. The summed E-state index contributed by atoms with van der Waals surface area (Å²) in [7, 11) is 1.61. The highest BCUT2D eigenvalue weighted by Gasteiger charge is 2.38. The molecule has 1 aromatic heterocycles. The third-order valence-electron chi connectivity index (χ3n) is 3.95. The smallest absolute Gasteiger partial charge is 0.251 e. The fourth-order valence-corrected chi connectivity index (χ4v) is 2.34. The number of amides is 1. The highest BCUT2D eigenvalue weighted by atomic mass is 16.5. The third-order valence-corrected chi connectivity index (χ3v) is 3.95. The summed E-state index contributed by atoms with van der Waals surface area (Å²) in [5, 5.41) is 6.54. The number of aromatic nitrogens is 2. The number of nitrogens with one attached hydrogen (secondary N) is 1. The van der Waals surface area contributed by atoms with Crippen molar-refractivity contribution in [2.24, 2.45) is 5.73 Å². The van der Waals surface area contributed by atoms with E-state index in [-0.39, 0.29) is 5.91 Å². The van der Waals surface area contributed by atoms with Crippen molar-refractivity contribution in [3.8, 4) is 0 Å². The van der Waals surface area contributed by atoms with Gasteiger partial charge in [-0.15, -0.1) is 0 Å². The number of hydrogen-bond acceptors (Lipinski definition) is 5. The number of carbonyl (C=O) groups is 1. The standard InChI is InChI=1S/C16H18N4O2/c1-18-14(21)12-6-3-11(4-7-12)5-8-13-19-15(20-22-13)16(17)9-2-10-16/h3-8H,2,9-10,17H2,1H3,(H,18,21)/b8-5+. The average Bonchev–Trinajstić information content (AvgIpc) is 2.99. The van der Waals surface area contributed by atoms with Gasteiger partial charge in [0.15, 0.2) is 5.82 Å². The Morgan fingerprint density at radius 1 is 1.32 bits per heavy atom. The minimum Gasteiger partial charge on any atom is -0.355 e. The zero-order valence-corrected chi connectivity index (χ0v) is 12.4. The molecule has 2 aromatic rings. The Kier molecular flexibility index (Phi) is 3.77. The first kappa shape index (κ1) is 14.5. The summed E-state index contributed by atoms with van der Waals surface area (Å²) in [6.07, 6.45) is 6.50. The molecule has 1 aliphatic carbocycles. The van der Waals surface area contributed by atoms with Crippen LogP contribution in [0.25, 0.3) is 12.2 Å². The van der Waals surface area contributed by atoms with E-state index in [9.17, 15) is 4.79 Å². The van der Waals surface area contributed by atoms with Crippen molar-refractivity contribution in [3.05, 3.63) is 47.1 Å². The van der Waals surface area contributed by atoms with Crippen molar-refractivity contribution in [1.29, 1.82) is 0 Å². The van der Waals surface area contributed by atoms with Crippen LogP contribution < -0.4 is 11.1 Å². The van der Waals surface area contributed by atoms with Crippen molar-refractivity contribution in [2.75, 3.05) is 7.05 Å². The van der Waals surface area contributed by atoms with Crippen LogP contribution in [0, 0.1) is 0 Å². The minimum absolute atomic E-state index is 0.106. The predicted octanol–water partition coefficient (Wildman–Crippen LogP) is 1.94. The topological polar surface area (TPSA) is 94.0 Å². The van der Waals surface area contributed by atoms with Crippen molar-refractivity contribution in [3.63, 3.8) is 0 Å². The first-order chi connectivity index (χ1) is 10.6. The largest absolute Gasteiger partial charge is 0.355 e. The van der Waals surface area contributed by atoms with Crippen LogP contribution in [0.1, 0.15) is 46.9 Å². The molecule has 0 atom stereocenters. The quantitative estimate of drug-likeness (QED) is 0.899. The molecule has 0 aliphatic heterocycles. The van der Waals surface area contributed by atoms with E-state index in [2.05, 4.69) is 15.5 Å². The Bertz CT molecular complexity index is 699. The molecule has 6 nitrogen and oxygen atoms in total. The monoisotopic (exact) mass is 298 g/mol. The molecule has 1 aromatic carbocycles. The van der Waals surface area contributed by atoms with Crippen LogP contribution in [-0.2, 0) is 5.54 Å². The molecule has 1 amide bonds. The lowest BCUT2D eigenvalue weighted by Gasteiger charge is -2.34. The Labute approximate surface area is 128 Å². The van der Waals surface area contributed by atoms with E-state index in [1.807, 2.05) is 18.2 Å². The molecular formula is C16H18N4O2. The number of carbonyl (C=O) groups excluding carboxylic acids is 1. The van der Waals surface area contributed by atoms with Crippen molar-refractivity contribution in [1.82, 2.24) is 15.5 Å². The molecule has 114 valence electrons. The Hall–Kier alpha value is -2.47. The van der Waals surface area contributed by atoms with Crippen LogP contribution in [0.5, 0.6) is 0 Å². The molecule has 1 saturated carbocycles. The van der Waals surface area contributed by atoms with Gasteiger partial charge in [0.25, 0.3) is 11.8 Å². The van der Waals surface area contributed by atoms with E-state index < -0.39 is 5.54 Å². The zero-order valence-electron chi connectivity index (χ0n) is 12.4. The van der Waals surface area contributed by atoms with E-state index in [4.69, 9.17) is 10.3 Å². The zero-order chi connectivity index (χ0) is 15.6. The highest BCUT2D eigenvalue weighted by molar-refractivity contribution is 5.94. The molecule has 1 heterocycles. The lowest BCUT2D eigenvalue weighted by molar-refractivity contribution is 0.0963. The van der Waals surface area contributed by atoms with Crippen molar-refractivity contribution in [2.45, 2.75) is 24.8 Å². The van der Waals surface area contributed by atoms with E-state index in [0.717, 1.165) is 24.8 Å². The molecule has 22 heavy (non-hydrogen) atoms. The predicted molar refractivity (Wildman–Crippen MR) is 82.8 cm³/mol. The number of nitrogens with zero attached hydrogens (tertiary/aromatic N) is 2. The number of benzene rings is 1. The minimum atomic E-state index is -0.412. The molecule has 0 radical (unpaired) electrons. The molecule has 0 bridgehead atoms. The Morgan fingerprint density at radius 2 is 2.05 bits per heavy atom. The maximum Gasteiger partial charge on any atom is 0.251 e. The van der Waals surface area contributed by atoms with Gasteiger partial charge in [0, 0.05) is 18.7 Å². The summed E-state index contributed by atoms with van der Waals surface area (Å²) in [4.78, 5) is 15.8. The van der Waals surface area contributed by atoms with Crippen molar-refractivity contribution < 1.29 is 9.32 Å². The van der Waals surface area contributed by atoms with Crippen molar-refractivity contribution >= 4 is 18.1 Å². The van der Waals surface area contributed by atoms with Crippen LogP contribution in [-0.4, -0.2) is 23.1 Å². The molecular weight excluding hydrogens is 280 g/mol. The second kappa shape index (κ2) is 5.73. The molecule has 3 N–H and O–H groups in total. The second-order valence-electron chi connectivity index (χ2n) is 5.50. The molecule has 0 unspecified atom stereocenters. The van der Waals surface area contributed by atoms with E-state index in [1.54, 1.807) is 25.3 Å². The SMILES string of the molecule is CNC(=O)c1ccc(/C=C/c2nc(C3(N)CCC3)no2)cc1. The third kappa shape index (κ3) is 2.78. The van der Waals surface area contributed by atoms with Gasteiger partial charge in [-0.1, -0.05) is 17.3 Å². The van der Waals surface area contributed by atoms with Gasteiger partial charge >= 0.3 is 0 Å². The van der Waals surface area contributed by atoms with E-state index in [0.29, 0.717) is 17.3 Å². The molecule has 1 aliphatic rings. The number of rotatable bonds is 4. The van der Waals surface area contributed by atoms with Crippen LogP contribution in [0.4, 0.5) is 0 Å². The Morgan fingerprint density at radius 3 is 2.64 bits per heavy atom. The van der Waals surface area contributed by atoms with Gasteiger partial charge in [-0.3, -0.25) is 4.79 Å². The van der Waals surface area contributed by atoms with Crippen LogP contribution >= 0.6 is 0 Å². The molecule has 6 heteroatoms. The molecule has 3 rings (SSSR count). The van der Waals surface area contributed by atoms with Crippen LogP contribution in [0.15, 0.2) is 28.8 Å². The summed E-state index contributed by atoms with van der Waals surface area (Å²) >= 11 is 0. The maximum absolute atomic E-state index is 11.5. The van der Waals surface area contributed by atoms with Gasteiger partial charge in [-0.05, 0) is 43.0 Å². The summed E-state index contributed by atoms with van der Waals surface area (Å²) in [6, 6.07) is 7.24. The highest BCUT2D eigenvalue weighted by Crippen LogP contribution is 2.36. The summed E-state index contributed by atoms with van der Waals surface area (Å²) < 4.78 is 5.20. The molecule has 0 spiro atoms. The van der Waals surface area contributed by atoms with E-state index >= 15 is 0 Å². The first-order valence-corrected chi connectivity index (χ1v) is 7.24. The fourth-order valence-electron chi connectivity index (χ4n) is 2.34. The van der Waals surface area contributed by atoms with Crippen LogP contribution in [0.3, 0.4) is 0 Å². The number of nitrogens with two attached hydrogens (primary N) is 1. The lowest BCUT2D eigenvalue weighted by Crippen LogP contribution is -2.44. The summed E-state index contributed by atoms with van der Waals surface area (Å²) in [6.45, 7) is 0. The van der Waals surface area contributed by atoms with Crippen LogP contribution in [0.2, 0.25) is 0 Å². The fraction of sp³-hybridized carbons (Fsp3) is 0.312. The average molecular weight is 298 g/mol. The second-order valence-corrected chi connectivity index (χ2v) is 5.50. The number of hydrogen-bond donors (Lipinski definition) is 2. The van der Waals surface area contributed by atoms with Gasteiger partial charge in [-0.2, -0.15) is 4.98 Å². The first-order valence-electron chi connectivity index (χ1n) is 7.24. The Balaban J connectivity index is 1.70. The van der Waals surface area contributed by atoms with Gasteiger partial charge in [0.2, 0.25) is 0 Å².